The molecule has 1 aliphatic carbocycles. The molecule has 1 unspecified atom stereocenters. The van der Waals surface area contributed by atoms with Crippen molar-refractivity contribution in [1.82, 2.24) is 5.32 Å². The number of fused-ring (bicyclic) bond motifs is 1. The summed E-state index contributed by atoms with van der Waals surface area (Å²) in [4.78, 5) is 0. The van der Waals surface area contributed by atoms with Gasteiger partial charge in [-0.3, -0.25) is 0 Å². The van der Waals surface area contributed by atoms with E-state index in [0.29, 0.717) is 6.61 Å². The predicted molar refractivity (Wildman–Crippen MR) is 66.6 cm³/mol. The number of aryl methyl sites for hydroxylation is 1. The lowest BCUT2D eigenvalue weighted by Gasteiger charge is -2.24. The zero-order valence-corrected chi connectivity index (χ0v) is 10.1. The molecule has 1 aliphatic heterocycles. The van der Waals surface area contributed by atoms with Crippen LogP contribution in [0.4, 0.5) is 0 Å². The van der Waals surface area contributed by atoms with Gasteiger partial charge in [0.15, 0.2) is 0 Å². The Kier molecular flexibility index (Phi) is 3.29. The molecule has 0 saturated carbocycles. The van der Waals surface area contributed by atoms with E-state index in [1.807, 2.05) is 0 Å². The Labute approximate surface area is 102 Å². The lowest BCUT2D eigenvalue weighted by atomic mass is 10.1. The van der Waals surface area contributed by atoms with Crippen LogP contribution in [0.25, 0.3) is 0 Å². The largest absolute Gasteiger partial charge is 0.491 e. The second-order valence-electron chi connectivity index (χ2n) is 4.76. The summed E-state index contributed by atoms with van der Waals surface area (Å²) in [5.74, 6) is 1.06. The molecule has 3 nitrogen and oxygen atoms in total. The summed E-state index contributed by atoms with van der Waals surface area (Å²) in [6.07, 6.45) is 3.82. The molecule has 3 rings (SSSR count). The van der Waals surface area contributed by atoms with Gasteiger partial charge in [0, 0.05) is 13.1 Å². The third-order valence-electron chi connectivity index (χ3n) is 3.53. The molecule has 0 amide bonds. The molecule has 0 aromatic heterocycles. The molecule has 1 N–H and O–H groups in total. The summed E-state index contributed by atoms with van der Waals surface area (Å²) in [6, 6.07) is 6.40. The number of nitrogens with one attached hydrogen (secondary N) is 1. The normalized spacial score (nSPS) is 23.4. The molecule has 17 heavy (non-hydrogen) atoms. The summed E-state index contributed by atoms with van der Waals surface area (Å²) in [6.45, 7) is 3.30. The maximum Gasteiger partial charge on any atom is 0.122 e. The monoisotopic (exact) mass is 233 g/mol. The summed E-state index contributed by atoms with van der Waals surface area (Å²) < 4.78 is 11.6. The Morgan fingerprint density at radius 3 is 3.24 bits per heavy atom. The number of hydrogen-bond acceptors (Lipinski definition) is 3. The molecule has 0 bridgehead atoms. The van der Waals surface area contributed by atoms with Crippen LogP contribution in [-0.4, -0.2) is 32.4 Å². The van der Waals surface area contributed by atoms with Crippen molar-refractivity contribution in [3.05, 3.63) is 29.3 Å². The number of ether oxygens (including phenoxy) is 2. The van der Waals surface area contributed by atoms with Crippen molar-refractivity contribution in [2.75, 3.05) is 26.3 Å². The van der Waals surface area contributed by atoms with Gasteiger partial charge in [-0.2, -0.15) is 0 Å². The van der Waals surface area contributed by atoms with E-state index >= 15 is 0 Å². The first-order valence-corrected chi connectivity index (χ1v) is 6.49. The molecule has 2 aliphatic rings. The highest BCUT2D eigenvalue weighted by Crippen LogP contribution is 2.30. The fraction of sp³-hybridized carbons (Fsp3) is 0.571. The Morgan fingerprint density at radius 1 is 1.35 bits per heavy atom. The maximum atomic E-state index is 5.92. The quantitative estimate of drug-likeness (QED) is 0.859. The average Bonchev–Trinajstić information content (AvgIpc) is 2.86. The van der Waals surface area contributed by atoms with E-state index in [4.69, 9.17) is 9.47 Å². The standard InChI is InChI=1S/C14H19NO2/c1-3-11-4-2-6-14(13(11)5-1)17-10-12-9-15-7-8-16-12/h2,4,6,12,15H,1,3,5,7-10H2. The summed E-state index contributed by atoms with van der Waals surface area (Å²) in [7, 11) is 0. The molecule has 1 aromatic carbocycles. The van der Waals surface area contributed by atoms with Crippen molar-refractivity contribution < 1.29 is 9.47 Å². The Balaban J connectivity index is 1.63. The van der Waals surface area contributed by atoms with Crippen molar-refractivity contribution in [1.29, 1.82) is 0 Å². The predicted octanol–water partition coefficient (Wildman–Crippen LogP) is 1.54. The smallest absolute Gasteiger partial charge is 0.122 e. The van der Waals surface area contributed by atoms with Gasteiger partial charge in [-0.15, -0.1) is 0 Å². The van der Waals surface area contributed by atoms with Gasteiger partial charge in [0.1, 0.15) is 18.5 Å². The van der Waals surface area contributed by atoms with Crippen molar-refractivity contribution in [2.24, 2.45) is 0 Å². The van der Waals surface area contributed by atoms with E-state index in [-0.39, 0.29) is 6.10 Å². The van der Waals surface area contributed by atoms with Crippen LogP contribution in [-0.2, 0) is 17.6 Å². The van der Waals surface area contributed by atoms with Crippen LogP contribution >= 0.6 is 0 Å². The van der Waals surface area contributed by atoms with E-state index in [9.17, 15) is 0 Å². The number of rotatable bonds is 3. The van der Waals surface area contributed by atoms with Gasteiger partial charge in [0.05, 0.1) is 6.61 Å². The van der Waals surface area contributed by atoms with Crippen LogP contribution in [0.1, 0.15) is 17.5 Å². The second-order valence-corrected chi connectivity index (χ2v) is 4.76. The van der Waals surface area contributed by atoms with Crippen molar-refractivity contribution in [3.63, 3.8) is 0 Å². The fourth-order valence-corrected chi connectivity index (χ4v) is 2.63. The summed E-state index contributed by atoms with van der Waals surface area (Å²) in [5, 5.41) is 3.32. The zero-order valence-electron chi connectivity index (χ0n) is 10.1. The average molecular weight is 233 g/mol. The lowest BCUT2D eigenvalue weighted by molar-refractivity contribution is 0.0000277. The van der Waals surface area contributed by atoms with E-state index in [0.717, 1.165) is 31.9 Å². The third-order valence-corrected chi connectivity index (χ3v) is 3.53. The number of benzene rings is 1. The maximum absolute atomic E-state index is 5.92. The third kappa shape index (κ3) is 2.45. The Bertz CT molecular complexity index is 386. The lowest BCUT2D eigenvalue weighted by Crippen LogP contribution is -2.41. The second kappa shape index (κ2) is 5.07. The fourth-order valence-electron chi connectivity index (χ4n) is 2.63. The van der Waals surface area contributed by atoms with Crippen LogP contribution < -0.4 is 10.1 Å². The van der Waals surface area contributed by atoms with Gasteiger partial charge >= 0.3 is 0 Å². The van der Waals surface area contributed by atoms with Crippen molar-refractivity contribution in [3.8, 4) is 5.75 Å². The topological polar surface area (TPSA) is 30.5 Å². The molecular weight excluding hydrogens is 214 g/mol. The SMILES string of the molecule is c1cc2c(c(OCC3CNCCO3)c1)CCC2. The summed E-state index contributed by atoms with van der Waals surface area (Å²) in [5.41, 5.74) is 2.88. The van der Waals surface area contributed by atoms with Gasteiger partial charge in [-0.1, -0.05) is 12.1 Å². The molecule has 3 heteroatoms. The van der Waals surface area contributed by atoms with Gasteiger partial charge in [0.2, 0.25) is 0 Å². The van der Waals surface area contributed by atoms with E-state index in [1.165, 1.54) is 24.0 Å². The minimum absolute atomic E-state index is 0.195. The first kappa shape index (κ1) is 11.1. The van der Waals surface area contributed by atoms with Crippen LogP contribution in [0.2, 0.25) is 0 Å². The minimum Gasteiger partial charge on any atom is -0.491 e. The molecule has 0 radical (unpaired) electrons. The Morgan fingerprint density at radius 2 is 2.35 bits per heavy atom. The molecular formula is C14H19NO2. The van der Waals surface area contributed by atoms with Gasteiger partial charge in [-0.05, 0) is 36.5 Å². The minimum atomic E-state index is 0.195. The summed E-state index contributed by atoms with van der Waals surface area (Å²) >= 11 is 0. The molecule has 1 fully saturated rings. The van der Waals surface area contributed by atoms with E-state index in [2.05, 4.69) is 23.5 Å². The number of hydrogen-bond donors (Lipinski definition) is 1. The van der Waals surface area contributed by atoms with E-state index in [1.54, 1.807) is 0 Å². The highest BCUT2D eigenvalue weighted by atomic mass is 16.5. The number of morpholine rings is 1. The van der Waals surface area contributed by atoms with Crippen LogP contribution in [0.5, 0.6) is 5.75 Å². The van der Waals surface area contributed by atoms with Gasteiger partial charge in [-0.25, -0.2) is 0 Å². The highest BCUT2D eigenvalue weighted by molar-refractivity contribution is 5.43. The molecule has 1 saturated heterocycles. The van der Waals surface area contributed by atoms with Gasteiger partial charge < -0.3 is 14.8 Å². The van der Waals surface area contributed by atoms with Crippen LogP contribution in [0.15, 0.2) is 18.2 Å². The zero-order chi connectivity index (χ0) is 11.5. The highest BCUT2D eigenvalue weighted by Gasteiger charge is 2.18. The molecule has 1 atom stereocenters. The first-order valence-electron chi connectivity index (χ1n) is 6.49. The van der Waals surface area contributed by atoms with Crippen molar-refractivity contribution in [2.45, 2.75) is 25.4 Å². The molecule has 1 heterocycles. The van der Waals surface area contributed by atoms with E-state index < -0.39 is 0 Å². The Hall–Kier alpha value is -1.06. The van der Waals surface area contributed by atoms with Crippen molar-refractivity contribution >= 4 is 0 Å². The first-order chi connectivity index (χ1) is 8.43. The molecule has 92 valence electrons. The van der Waals surface area contributed by atoms with Crippen LogP contribution in [0, 0.1) is 0 Å². The van der Waals surface area contributed by atoms with Gasteiger partial charge in [0.25, 0.3) is 0 Å². The van der Waals surface area contributed by atoms with Crippen LogP contribution in [0.3, 0.4) is 0 Å². The molecule has 0 spiro atoms. The molecule has 1 aromatic rings.